The van der Waals surface area contributed by atoms with Crippen LogP contribution in [0.15, 0.2) is 23.4 Å². The van der Waals surface area contributed by atoms with Gasteiger partial charge in [-0.05, 0) is 56.4 Å². The summed E-state index contributed by atoms with van der Waals surface area (Å²) in [7, 11) is 0. The van der Waals surface area contributed by atoms with Gasteiger partial charge < -0.3 is 10.1 Å². The molecule has 1 heterocycles. The predicted molar refractivity (Wildman–Crippen MR) is 76.0 cm³/mol. The van der Waals surface area contributed by atoms with Crippen molar-refractivity contribution >= 4 is 11.9 Å². The summed E-state index contributed by atoms with van der Waals surface area (Å²) in [5, 5.41) is 11.7. The molecule has 3 nitrogen and oxygen atoms in total. The minimum absolute atomic E-state index is 0.202. The maximum Gasteiger partial charge on any atom is 0.0733 e. The normalized spacial score (nSPS) is 22.2. The van der Waals surface area contributed by atoms with Gasteiger partial charge in [0.2, 0.25) is 0 Å². The van der Waals surface area contributed by atoms with Gasteiger partial charge in [0.1, 0.15) is 0 Å². The summed E-state index contributed by atoms with van der Waals surface area (Å²) in [6, 6.07) is 6.29. The molecule has 1 N–H and O–H groups in total. The lowest BCUT2D eigenvalue weighted by atomic mass is 9.79. The van der Waals surface area contributed by atoms with Crippen molar-refractivity contribution in [1.29, 1.82) is 0 Å². The molecule has 0 saturated carbocycles. The lowest BCUT2D eigenvalue weighted by Crippen LogP contribution is -2.48. The van der Waals surface area contributed by atoms with Crippen LogP contribution in [0.4, 0.5) is 5.69 Å². The molecule has 1 aliphatic rings. The fraction of sp³-hybridized carbons (Fsp3) is 0.533. The highest BCUT2D eigenvalue weighted by Crippen LogP contribution is 2.43. The Balaban J connectivity index is 2.51. The van der Waals surface area contributed by atoms with Gasteiger partial charge in [-0.3, -0.25) is 0 Å². The standard InChI is InChI=1S/C15H22N2O/c1-5-17-14-7-6-12(10-16-18)8-13(14)11(2)9-15(17,3)4/h6-8,10-11,18H,5,9H2,1-4H3/t11-/m1/s1. The molecule has 1 atom stereocenters. The quantitative estimate of drug-likeness (QED) is 0.491. The number of fused-ring (bicyclic) bond motifs is 1. The number of oxime groups is 1. The van der Waals surface area contributed by atoms with E-state index in [-0.39, 0.29) is 5.54 Å². The Hall–Kier alpha value is -1.51. The average molecular weight is 246 g/mol. The number of rotatable bonds is 2. The first kappa shape index (κ1) is 12.9. The van der Waals surface area contributed by atoms with E-state index in [0.29, 0.717) is 5.92 Å². The van der Waals surface area contributed by atoms with E-state index in [4.69, 9.17) is 5.21 Å². The minimum Gasteiger partial charge on any atom is -0.411 e. The molecule has 0 saturated heterocycles. The lowest BCUT2D eigenvalue weighted by Gasteiger charge is -2.47. The molecule has 1 aromatic carbocycles. The molecule has 1 aromatic rings. The van der Waals surface area contributed by atoms with Crippen molar-refractivity contribution in [3.63, 3.8) is 0 Å². The molecule has 0 spiro atoms. The van der Waals surface area contributed by atoms with Crippen molar-refractivity contribution in [2.45, 2.75) is 45.6 Å². The second-order valence-corrected chi connectivity index (χ2v) is 5.72. The van der Waals surface area contributed by atoms with Crippen LogP contribution in [0.2, 0.25) is 0 Å². The molecule has 0 radical (unpaired) electrons. The van der Waals surface area contributed by atoms with Gasteiger partial charge in [-0.2, -0.15) is 0 Å². The van der Waals surface area contributed by atoms with Gasteiger partial charge in [0, 0.05) is 17.8 Å². The van der Waals surface area contributed by atoms with E-state index in [1.165, 1.54) is 17.5 Å². The van der Waals surface area contributed by atoms with Gasteiger partial charge in [-0.1, -0.05) is 18.1 Å². The molecule has 1 aliphatic heterocycles. The number of benzene rings is 1. The van der Waals surface area contributed by atoms with Crippen LogP contribution >= 0.6 is 0 Å². The van der Waals surface area contributed by atoms with E-state index in [9.17, 15) is 0 Å². The first-order valence-electron chi connectivity index (χ1n) is 6.58. The van der Waals surface area contributed by atoms with Crippen molar-refractivity contribution in [2.75, 3.05) is 11.4 Å². The van der Waals surface area contributed by atoms with Crippen molar-refractivity contribution in [1.82, 2.24) is 0 Å². The summed E-state index contributed by atoms with van der Waals surface area (Å²) < 4.78 is 0. The first-order chi connectivity index (χ1) is 8.49. The van der Waals surface area contributed by atoms with Crippen LogP contribution in [0.5, 0.6) is 0 Å². The molecule has 0 fully saturated rings. The molecule has 98 valence electrons. The molecule has 0 aromatic heterocycles. The summed E-state index contributed by atoms with van der Waals surface area (Å²) in [4.78, 5) is 2.46. The molecule has 3 heteroatoms. The third-order valence-electron chi connectivity index (χ3n) is 3.93. The fourth-order valence-corrected chi connectivity index (χ4v) is 3.25. The SMILES string of the molecule is CCN1c2ccc(C=NO)cc2[C@H](C)CC1(C)C. The Labute approximate surface area is 109 Å². The Bertz CT molecular complexity index is 466. The maximum atomic E-state index is 8.63. The highest BCUT2D eigenvalue weighted by Gasteiger charge is 2.35. The highest BCUT2D eigenvalue weighted by molar-refractivity contribution is 5.81. The van der Waals surface area contributed by atoms with Crippen LogP contribution in [-0.2, 0) is 0 Å². The molecule has 0 unspecified atom stereocenters. The molecule has 2 rings (SSSR count). The average Bonchev–Trinajstić information content (AvgIpc) is 2.29. The third kappa shape index (κ3) is 2.09. The molecule has 18 heavy (non-hydrogen) atoms. The molecular weight excluding hydrogens is 224 g/mol. The monoisotopic (exact) mass is 246 g/mol. The Kier molecular flexibility index (Phi) is 3.33. The Morgan fingerprint density at radius 2 is 2.22 bits per heavy atom. The lowest BCUT2D eigenvalue weighted by molar-refractivity contribution is 0.322. The second-order valence-electron chi connectivity index (χ2n) is 5.72. The number of nitrogens with zero attached hydrogens (tertiary/aromatic N) is 2. The number of hydrogen-bond acceptors (Lipinski definition) is 3. The van der Waals surface area contributed by atoms with Crippen LogP contribution < -0.4 is 4.90 Å². The summed E-state index contributed by atoms with van der Waals surface area (Å²) in [5.41, 5.74) is 3.83. The Morgan fingerprint density at radius 3 is 2.83 bits per heavy atom. The van der Waals surface area contributed by atoms with E-state index >= 15 is 0 Å². The van der Waals surface area contributed by atoms with Crippen LogP contribution in [-0.4, -0.2) is 23.5 Å². The zero-order valence-electron chi connectivity index (χ0n) is 11.6. The van der Waals surface area contributed by atoms with E-state index in [0.717, 1.165) is 18.5 Å². The zero-order valence-corrected chi connectivity index (χ0v) is 11.6. The van der Waals surface area contributed by atoms with Crippen molar-refractivity contribution in [2.24, 2.45) is 5.16 Å². The molecule has 0 bridgehead atoms. The van der Waals surface area contributed by atoms with E-state index < -0.39 is 0 Å². The predicted octanol–water partition coefficient (Wildman–Crippen LogP) is 3.61. The van der Waals surface area contributed by atoms with Crippen molar-refractivity contribution in [3.8, 4) is 0 Å². The highest BCUT2D eigenvalue weighted by atomic mass is 16.4. The topological polar surface area (TPSA) is 35.8 Å². The molecule has 0 amide bonds. The summed E-state index contributed by atoms with van der Waals surface area (Å²) in [5.74, 6) is 0.532. The zero-order chi connectivity index (χ0) is 13.3. The van der Waals surface area contributed by atoms with Gasteiger partial charge in [-0.15, -0.1) is 0 Å². The summed E-state index contributed by atoms with van der Waals surface area (Å²) >= 11 is 0. The van der Waals surface area contributed by atoms with E-state index in [1.807, 2.05) is 6.07 Å². The van der Waals surface area contributed by atoms with Gasteiger partial charge in [0.15, 0.2) is 0 Å². The third-order valence-corrected chi connectivity index (χ3v) is 3.93. The van der Waals surface area contributed by atoms with Gasteiger partial charge in [0.05, 0.1) is 6.21 Å². The number of hydrogen-bond donors (Lipinski definition) is 1. The molecule has 0 aliphatic carbocycles. The van der Waals surface area contributed by atoms with Crippen LogP contribution in [0.25, 0.3) is 0 Å². The second kappa shape index (κ2) is 4.63. The summed E-state index contributed by atoms with van der Waals surface area (Å²) in [6.07, 6.45) is 2.64. The van der Waals surface area contributed by atoms with Crippen LogP contribution in [0.3, 0.4) is 0 Å². The maximum absolute atomic E-state index is 8.63. The van der Waals surface area contributed by atoms with E-state index in [2.05, 4.69) is 49.9 Å². The summed E-state index contributed by atoms with van der Waals surface area (Å²) in [6.45, 7) is 10.1. The number of anilines is 1. The van der Waals surface area contributed by atoms with Gasteiger partial charge in [-0.25, -0.2) is 0 Å². The Morgan fingerprint density at radius 1 is 1.50 bits per heavy atom. The fourth-order valence-electron chi connectivity index (χ4n) is 3.25. The minimum atomic E-state index is 0.202. The smallest absolute Gasteiger partial charge is 0.0733 e. The molecular formula is C15H22N2O. The van der Waals surface area contributed by atoms with Gasteiger partial charge >= 0.3 is 0 Å². The van der Waals surface area contributed by atoms with Crippen LogP contribution in [0, 0.1) is 0 Å². The van der Waals surface area contributed by atoms with E-state index in [1.54, 1.807) is 0 Å². The van der Waals surface area contributed by atoms with Crippen LogP contribution in [0.1, 0.15) is 51.2 Å². The first-order valence-corrected chi connectivity index (χ1v) is 6.58. The van der Waals surface area contributed by atoms with Crippen molar-refractivity contribution in [3.05, 3.63) is 29.3 Å². The largest absolute Gasteiger partial charge is 0.411 e. The van der Waals surface area contributed by atoms with Crippen molar-refractivity contribution < 1.29 is 5.21 Å². The van der Waals surface area contributed by atoms with Gasteiger partial charge in [0.25, 0.3) is 0 Å².